The Balaban J connectivity index is 0.00000541. The molecule has 4 aromatic rings. The number of benzene rings is 2. The van der Waals surface area contributed by atoms with Crippen molar-refractivity contribution in [2.45, 2.75) is 59.5 Å². The van der Waals surface area contributed by atoms with Gasteiger partial charge in [-0.1, -0.05) is 51.1 Å². The lowest BCUT2D eigenvalue weighted by Gasteiger charge is -2.32. The summed E-state index contributed by atoms with van der Waals surface area (Å²) in [4.78, 5) is 29.6. The van der Waals surface area contributed by atoms with Gasteiger partial charge in [0.1, 0.15) is 17.8 Å². The van der Waals surface area contributed by atoms with Crippen LogP contribution in [0.25, 0.3) is 11.0 Å². The number of H-pyrrole nitrogens is 1. The number of hydrogen-bond acceptors (Lipinski definition) is 10. The van der Waals surface area contributed by atoms with E-state index in [4.69, 9.17) is 14.2 Å². The largest absolute Gasteiger partial charge is 0.489 e. The Labute approximate surface area is 291 Å². The van der Waals surface area contributed by atoms with Crippen molar-refractivity contribution in [2.24, 2.45) is 5.92 Å². The third-order valence-electron chi connectivity index (χ3n) is 8.70. The van der Waals surface area contributed by atoms with Crippen molar-refractivity contribution in [1.29, 1.82) is 0 Å². The summed E-state index contributed by atoms with van der Waals surface area (Å²) >= 11 is 0. The number of likely N-dealkylation sites (tertiary alicyclic amines) is 1. The van der Waals surface area contributed by atoms with Crippen molar-refractivity contribution in [2.75, 3.05) is 65.4 Å². The standard InChI is InChI=1S/C37H51N7O4.CH4/c1-4-5-20-46-34(45)26-48-33-21-31(42-37-35-30(22-39-36(35)40-27-41-37)24-43(3)17-9-16-38-2)12-13-32(33)47-25-29-14-18-44(19-15-29)23-28-10-7-6-8-11-28;/h6-8,10-13,21-22,27,29,38H,4-5,9,14-20,23-26H2,1-3H3,(H2,39,40,41,42);1H4. The minimum Gasteiger partial charge on any atom is -0.489 e. The second-order valence-corrected chi connectivity index (χ2v) is 12.6. The van der Waals surface area contributed by atoms with Crippen molar-refractivity contribution < 1.29 is 19.0 Å². The molecule has 3 heterocycles. The number of nitrogens with one attached hydrogen (secondary N) is 3. The Morgan fingerprint density at radius 2 is 1.88 bits per heavy atom. The van der Waals surface area contributed by atoms with E-state index in [-0.39, 0.29) is 14.0 Å². The molecule has 49 heavy (non-hydrogen) atoms. The molecule has 0 spiro atoms. The van der Waals surface area contributed by atoms with Crippen molar-refractivity contribution in [3.8, 4) is 11.5 Å². The molecular weight excluding hydrogens is 618 g/mol. The smallest absolute Gasteiger partial charge is 0.344 e. The average Bonchev–Trinajstić information content (AvgIpc) is 3.51. The molecule has 5 rings (SSSR count). The number of aromatic amines is 1. The first kappa shape index (κ1) is 37.6. The average molecular weight is 674 g/mol. The van der Waals surface area contributed by atoms with Gasteiger partial charge in [0.05, 0.1) is 18.6 Å². The molecule has 0 radical (unpaired) electrons. The highest BCUT2D eigenvalue weighted by atomic mass is 16.6. The van der Waals surface area contributed by atoms with Gasteiger partial charge >= 0.3 is 5.97 Å². The molecule has 1 aliphatic rings. The first-order valence-electron chi connectivity index (χ1n) is 17.2. The van der Waals surface area contributed by atoms with Gasteiger partial charge in [-0.3, -0.25) is 4.90 Å². The van der Waals surface area contributed by atoms with E-state index >= 15 is 0 Å². The van der Waals surface area contributed by atoms with Crippen LogP contribution in [0.4, 0.5) is 11.5 Å². The van der Waals surface area contributed by atoms with Gasteiger partial charge in [0.2, 0.25) is 0 Å². The summed E-state index contributed by atoms with van der Waals surface area (Å²) in [6.45, 7) is 8.61. The van der Waals surface area contributed by atoms with Gasteiger partial charge in [0, 0.05) is 31.0 Å². The molecule has 3 N–H and O–H groups in total. The van der Waals surface area contributed by atoms with Gasteiger partial charge in [0.15, 0.2) is 18.1 Å². The molecule has 0 bridgehead atoms. The van der Waals surface area contributed by atoms with Crippen molar-refractivity contribution in [1.82, 2.24) is 30.1 Å². The van der Waals surface area contributed by atoms with E-state index in [2.05, 4.69) is 79.7 Å². The summed E-state index contributed by atoms with van der Waals surface area (Å²) in [5.74, 6) is 1.83. The van der Waals surface area contributed by atoms with E-state index in [1.807, 2.05) is 31.4 Å². The Hall–Kier alpha value is -4.19. The fourth-order valence-corrected chi connectivity index (χ4v) is 5.97. The number of aromatic nitrogens is 3. The Morgan fingerprint density at radius 3 is 2.65 bits per heavy atom. The molecule has 2 aromatic heterocycles. The predicted octanol–water partition coefficient (Wildman–Crippen LogP) is 6.39. The maximum absolute atomic E-state index is 12.4. The summed E-state index contributed by atoms with van der Waals surface area (Å²) in [7, 11) is 4.09. The maximum Gasteiger partial charge on any atom is 0.344 e. The minimum atomic E-state index is -0.396. The van der Waals surface area contributed by atoms with Crippen LogP contribution in [-0.4, -0.2) is 90.8 Å². The summed E-state index contributed by atoms with van der Waals surface area (Å²) < 4.78 is 17.7. The number of piperidine rings is 1. The number of nitrogens with zero attached hydrogens (tertiary/aromatic N) is 4. The number of anilines is 2. The predicted molar refractivity (Wildman–Crippen MR) is 197 cm³/mol. The number of ether oxygens (including phenoxy) is 3. The van der Waals surface area contributed by atoms with Gasteiger partial charge in [-0.2, -0.15) is 0 Å². The number of unbranched alkanes of at least 4 members (excludes halogenated alkanes) is 1. The van der Waals surface area contributed by atoms with Crippen LogP contribution in [0, 0.1) is 5.92 Å². The quantitative estimate of drug-likeness (QED) is 0.0764. The van der Waals surface area contributed by atoms with Crippen molar-refractivity contribution in [3.63, 3.8) is 0 Å². The zero-order valence-corrected chi connectivity index (χ0v) is 28.7. The lowest BCUT2D eigenvalue weighted by atomic mass is 9.97. The summed E-state index contributed by atoms with van der Waals surface area (Å²) in [5.41, 5.74) is 3.99. The Morgan fingerprint density at radius 1 is 1.06 bits per heavy atom. The molecule has 0 saturated carbocycles. The third-order valence-corrected chi connectivity index (χ3v) is 8.70. The number of fused-ring (bicyclic) bond motifs is 1. The third kappa shape index (κ3) is 11.4. The van der Waals surface area contributed by atoms with E-state index in [0.717, 1.165) is 93.7 Å². The fourth-order valence-electron chi connectivity index (χ4n) is 5.97. The van der Waals surface area contributed by atoms with Gasteiger partial charge in [-0.25, -0.2) is 14.8 Å². The van der Waals surface area contributed by atoms with Crippen molar-refractivity contribution in [3.05, 3.63) is 72.2 Å². The fraction of sp³-hybridized carbons (Fsp3) is 0.500. The highest BCUT2D eigenvalue weighted by molar-refractivity contribution is 5.92. The molecule has 0 amide bonds. The zero-order valence-electron chi connectivity index (χ0n) is 28.7. The van der Waals surface area contributed by atoms with Gasteiger partial charge in [0.25, 0.3) is 0 Å². The van der Waals surface area contributed by atoms with Gasteiger partial charge < -0.3 is 34.7 Å². The zero-order chi connectivity index (χ0) is 33.6. The molecule has 1 aliphatic heterocycles. The molecular formula is C38H55N7O4. The molecule has 0 atom stereocenters. The van der Waals surface area contributed by atoms with Crippen LogP contribution >= 0.6 is 0 Å². The highest BCUT2D eigenvalue weighted by Gasteiger charge is 2.21. The van der Waals surface area contributed by atoms with E-state index in [9.17, 15) is 4.79 Å². The Kier molecular flexibility index (Phi) is 15.1. The van der Waals surface area contributed by atoms with E-state index in [0.29, 0.717) is 36.4 Å². The van der Waals surface area contributed by atoms with Crippen LogP contribution in [-0.2, 0) is 22.6 Å². The summed E-state index contributed by atoms with van der Waals surface area (Å²) in [5, 5.41) is 7.62. The van der Waals surface area contributed by atoms with Crippen LogP contribution in [0.2, 0.25) is 0 Å². The Bertz CT molecular complexity index is 1560. The molecule has 11 nitrogen and oxygen atoms in total. The summed E-state index contributed by atoms with van der Waals surface area (Å²) in [6, 6.07) is 16.3. The topological polar surface area (TPSA) is 117 Å². The normalized spacial score (nSPS) is 13.7. The lowest BCUT2D eigenvalue weighted by molar-refractivity contribution is -0.146. The van der Waals surface area contributed by atoms with Crippen LogP contribution in [0.5, 0.6) is 11.5 Å². The van der Waals surface area contributed by atoms with E-state index in [1.165, 1.54) is 5.56 Å². The molecule has 2 aromatic carbocycles. The lowest BCUT2D eigenvalue weighted by Crippen LogP contribution is -2.35. The second kappa shape index (κ2) is 19.7. The van der Waals surface area contributed by atoms with E-state index < -0.39 is 5.97 Å². The van der Waals surface area contributed by atoms with Crippen molar-refractivity contribution >= 4 is 28.5 Å². The SMILES string of the molecule is C.CCCCOC(=O)COc1cc(Nc2ncnc3[nH]cc(CN(C)CCCNC)c23)ccc1OCC1CCN(Cc2ccccc2)CC1. The number of carbonyl (C=O) groups is 1. The monoisotopic (exact) mass is 673 g/mol. The number of rotatable bonds is 19. The van der Waals surface area contributed by atoms with Crippen LogP contribution in [0.3, 0.4) is 0 Å². The highest BCUT2D eigenvalue weighted by Crippen LogP contribution is 2.34. The number of carbonyl (C=O) groups excluding carboxylic acids is 1. The summed E-state index contributed by atoms with van der Waals surface area (Å²) in [6.07, 6.45) is 8.53. The van der Waals surface area contributed by atoms with Gasteiger partial charge in [-0.05, 0) is 95.1 Å². The molecule has 11 heteroatoms. The molecule has 1 saturated heterocycles. The minimum absolute atomic E-state index is 0. The van der Waals surface area contributed by atoms with Crippen LogP contribution in [0.15, 0.2) is 61.1 Å². The van der Waals surface area contributed by atoms with Crippen LogP contribution in [0.1, 0.15) is 57.6 Å². The van der Waals surface area contributed by atoms with E-state index in [1.54, 1.807) is 6.33 Å². The van der Waals surface area contributed by atoms with Gasteiger partial charge in [-0.15, -0.1) is 0 Å². The first-order valence-corrected chi connectivity index (χ1v) is 17.2. The molecule has 266 valence electrons. The molecule has 0 aliphatic carbocycles. The van der Waals surface area contributed by atoms with Crippen LogP contribution < -0.4 is 20.1 Å². The molecule has 0 unspecified atom stereocenters. The number of hydrogen-bond donors (Lipinski definition) is 3. The maximum atomic E-state index is 12.4. The number of esters is 1. The first-order chi connectivity index (χ1) is 23.5. The second-order valence-electron chi connectivity index (χ2n) is 12.6. The molecule has 1 fully saturated rings.